The molecule has 5 heteroatoms. The van der Waals surface area contributed by atoms with Crippen molar-refractivity contribution < 1.29 is 4.52 Å². The molecule has 0 bridgehead atoms. The van der Waals surface area contributed by atoms with Gasteiger partial charge in [0.15, 0.2) is 0 Å². The second-order valence-corrected chi connectivity index (χ2v) is 11.3. The topological polar surface area (TPSA) is 47.1 Å². The maximum atomic E-state index is 5.77. The number of para-hydroxylation sites is 3. The smallest absolute Gasteiger partial charge is 0.258 e. The lowest BCUT2D eigenvalue weighted by Crippen LogP contribution is -2.09. The fourth-order valence-electron chi connectivity index (χ4n) is 6.42. The molecule has 0 amide bonds. The molecule has 5 nitrogen and oxygen atoms in total. The molecule has 0 atom stereocenters. The third-order valence-corrected chi connectivity index (χ3v) is 8.39. The Morgan fingerprint density at radius 3 is 1.80 bits per heavy atom. The van der Waals surface area contributed by atoms with Crippen LogP contribution in [0, 0.1) is 13.8 Å². The molecule has 0 aliphatic rings. The Kier molecular flexibility index (Phi) is 6.50. The van der Waals surface area contributed by atoms with E-state index in [0.29, 0.717) is 11.7 Å². The molecule has 0 N–H and O–H groups in total. The highest BCUT2D eigenvalue weighted by Crippen LogP contribution is 2.40. The van der Waals surface area contributed by atoms with Gasteiger partial charge in [-0.25, -0.2) is 0 Å². The zero-order valence-corrected chi connectivity index (χ0v) is 25.1. The normalized spacial score (nSPS) is 11.3. The lowest BCUT2D eigenvalue weighted by atomic mass is 10.0. The van der Waals surface area contributed by atoms with E-state index in [1.807, 2.05) is 30.3 Å². The van der Waals surface area contributed by atoms with Gasteiger partial charge in [0.25, 0.3) is 5.89 Å². The molecule has 0 aliphatic carbocycles. The van der Waals surface area contributed by atoms with Crippen LogP contribution < -0.4 is 4.90 Å². The molecule has 0 radical (unpaired) electrons. The van der Waals surface area contributed by atoms with Gasteiger partial charge in [0.2, 0.25) is 5.82 Å². The molecule has 2 aromatic heterocycles. The van der Waals surface area contributed by atoms with Crippen LogP contribution in [0.25, 0.3) is 50.3 Å². The number of anilines is 3. The number of benzene rings is 6. The average Bonchev–Trinajstić information content (AvgIpc) is 3.69. The lowest BCUT2D eigenvalue weighted by Gasteiger charge is -2.25. The van der Waals surface area contributed by atoms with Crippen molar-refractivity contribution in [1.29, 1.82) is 0 Å². The van der Waals surface area contributed by atoms with Crippen molar-refractivity contribution in [3.63, 3.8) is 0 Å². The summed E-state index contributed by atoms with van der Waals surface area (Å²) < 4.78 is 8.13. The van der Waals surface area contributed by atoms with Gasteiger partial charge in [-0.3, -0.25) is 0 Å². The Balaban J connectivity index is 1.27. The monoisotopic (exact) mass is 582 g/mol. The predicted octanol–water partition coefficient (Wildman–Crippen LogP) is 10.6. The number of aryl methyl sites for hydroxylation is 2. The largest absolute Gasteiger partial charge is 0.334 e. The zero-order valence-electron chi connectivity index (χ0n) is 25.1. The first-order chi connectivity index (χ1) is 22.2. The SMILES string of the molecule is Cc1cc(-n2c3ccccc3c3cc(N(c4ccccc4)c4ccccc4)ccc32)cc(C)c1-c1nc(-c2ccccc2)no1. The molecule has 2 heterocycles. The Morgan fingerprint density at radius 2 is 1.13 bits per heavy atom. The summed E-state index contributed by atoms with van der Waals surface area (Å²) in [6.07, 6.45) is 0. The highest BCUT2D eigenvalue weighted by Gasteiger charge is 2.20. The highest BCUT2D eigenvalue weighted by atomic mass is 16.5. The van der Waals surface area contributed by atoms with Crippen LogP contribution in [0.5, 0.6) is 0 Å². The summed E-state index contributed by atoms with van der Waals surface area (Å²) in [5.41, 5.74) is 10.8. The number of nitrogens with zero attached hydrogens (tertiary/aromatic N) is 4. The van der Waals surface area contributed by atoms with Crippen molar-refractivity contribution in [2.24, 2.45) is 0 Å². The maximum absolute atomic E-state index is 5.77. The maximum Gasteiger partial charge on any atom is 0.258 e. The lowest BCUT2D eigenvalue weighted by molar-refractivity contribution is 0.432. The van der Waals surface area contributed by atoms with Gasteiger partial charge in [0.05, 0.1) is 11.0 Å². The van der Waals surface area contributed by atoms with Gasteiger partial charge in [-0.05, 0) is 85.6 Å². The third-order valence-electron chi connectivity index (χ3n) is 8.39. The summed E-state index contributed by atoms with van der Waals surface area (Å²) in [7, 11) is 0. The zero-order chi connectivity index (χ0) is 30.3. The molecule has 0 saturated carbocycles. The Hall–Kier alpha value is -5.94. The second kappa shape index (κ2) is 11.0. The van der Waals surface area contributed by atoms with Gasteiger partial charge in [0.1, 0.15) is 0 Å². The summed E-state index contributed by atoms with van der Waals surface area (Å²) in [6, 6.07) is 50.8. The van der Waals surface area contributed by atoms with Gasteiger partial charge >= 0.3 is 0 Å². The van der Waals surface area contributed by atoms with Crippen molar-refractivity contribution >= 4 is 38.9 Å². The molecule has 0 unspecified atom stereocenters. The second-order valence-electron chi connectivity index (χ2n) is 11.3. The van der Waals surface area contributed by atoms with E-state index in [4.69, 9.17) is 9.51 Å². The van der Waals surface area contributed by atoms with Crippen molar-refractivity contribution in [3.05, 3.63) is 157 Å². The van der Waals surface area contributed by atoms with Crippen LogP contribution in [-0.2, 0) is 0 Å². The summed E-state index contributed by atoms with van der Waals surface area (Å²) in [4.78, 5) is 7.06. The van der Waals surface area contributed by atoms with E-state index in [1.54, 1.807) is 0 Å². The van der Waals surface area contributed by atoms with Gasteiger partial charge in [-0.2, -0.15) is 4.98 Å². The first kappa shape index (κ1) is 26.7. The summed E-state index contributed by atoms with van der Waals surface area (Å²) in [5, 5.41) is 6.68. The van der Waals surface area contributed by atoms with Crippen LogP contribution in [0.4, 0.5) is 17.1 Å². The average molecular weight is 583 g/mol. The fourth-order valence-corrected chi connectivity index (χ4v) is 6.42. The number of fused-ring (bicyclic) bond motifs is 3. The molecule has 0 fully saturated rings. The molecule has 8 aromatic rings. The Morgan fingerprint density at radius 1 is 0.556 bits per heavy atom. The predicted molar refractivity (Wildman–Crippen MR) is 184 cm³/mol. The highest BCUT2D eigenvalue weighted by molar-refractivity contribution is 6.10. The van der Waals surface area contributed by atoms with Crippen molar-refractivity contribution in [2.75, 3.05) is 4.90 Å². The fraction of sp³-hybridized carbons (Fsp3) is 0.0500. The molecular weight excluding hydrogens is 552 g/mol. The molecule has 45 heavy (non-hydrogen) atoms. The Bertz CT molecular complexity index is 2220. The molecule has 0 aliphatic heterocycles. The number of rotatable bonds is 6. The van der Waals surface area contributed by atoms with Gasteiger partial charge in [-0.15, -0.1) is 0 Å². The molecule has 0 spiro atoms. The minimum absolute atomic E-state index is 0.532. The van der Waals surface area contributed by atoms with E-state index in [-0.39, 0.29) is 0 Å². The van der Waals surface area contributed by atoms with E-state index in [9.17, 15) is 0 Å². The van der Waals surface area contributed by atoms with Crippen LogP contribution >= 0.6 is 0 Å². The quantitative estimate of drug-likeness (QED) is 0.196. The van der Waals surface area contributed by atoms with Crippen molar-refractivity contribution in [3.8, 4) is 28.5 Å². The summed E-state index contributed by atoms with van der Waals surface area (Å²) in [5.74, 6) is 1.12. The summed E-state index contributed by atoms with van der Waals surface area (Å²) in [6.45, 7) is 4.23. The minimum atomic E-state index is 0.532. The molecule has 0 saturated heterocycles. The van der Waals surface area contributed by atoms with Crippen LogP contribution in [0.2, 0.25) is 0 Å². The molecular formula is C40H30N4O. The number of hydrogen-bond donors (Lipinski definition) is 0. The number of aromatic nitrogens is 3. The first-order valence-electron chi connectivity index (χ1n) is 15.1. The van der Waals surface area contributed by atoms with Crippen molar-refractivity contribution in [2.45, 2.75) is 13.8 Å². The third kappa shape index (κ3) is 4.66. The standard InChI is InChI=1S/C40H30N4O/c1-27-24-33(25-28(2)38(27)40-41-39(42-45-40)29-14-6-3-7-15-29)44-36-21-13-12-20-34(36)35-26-32(22-23-37(35)44)43(30-16-8-4-9-17-30)31-18-10-5-11-19-31/h3-26H,1-2H3. The van der Waals surface area contributed by atoms with E-state index >= 15 is 0 Å². The molecule has 6 aromatic carbocycles. The van der Waals surface area contributed by atoms with Gasteiger partial charge in [-0.1, -0.05) is 90.1 Å². The van der Waals surface area contributed by atoms with Crippen LogP contribution in [-0.4, -0.2) is 14.7 Å². The van der Waals surface area contributed by atoms with Crippen molar-refractivity contribution in [1.82, 2.24) is 14.7 Å². The minimum Gasteiger partial charge on any atom is -0.334 e. The van der Waals surface area contributed by atoms with E-state index in [1.165, 1.54) is 10.8 Å². The van der Waals surface area contributed by atoms with Crippen LogP contribution in [0.15, 0.2) is 150 Å². The molecule has 216 valence electrons. The van der Waals surface area contributed by atoms with Crippen LogP contribution in [0.1, 0.15) is 11.1 Å². The first-order valence-corrected chi connectivity index (χ1v) is 15.1. The van der Waals surface area contributed by atoms with Gasteiger partial charge in [0, 0.05) is 44.6 Å². The Labute approximate surface area is 261 Å². The van der Waals surface area contributed by atoms with E-state index < -0.39 is 0 Å². The molecule has 8 rings (SSSR count). The van der Waals surface area contributed by atoms with E-state index in [0.717, 1.165) is 56.0 Å². The van der Waals surface area contributed by atoms with E-state index in [2.05, 4.69) is 144 Å². The van der Waals surface area contributed by atoms with Crippen LogP contribution in [0.3, 0.4) is 0 Å². The van der Waals surface area contributed by atoms with Gasteiger partial charge < -0.3 is 14.0 Å². The summed E-state index contributed by atoms with van der Waals surface area (Å²) >= 11 is 0. The number of hydrogen-bond acceptors (Lipinski definition) is 4.